The number of benzene rings is 1. The van der Waals surface area contributed by atoms with E-state index in [1.807, 2.05) is 24.3 Å². The first kappa shape index (κ1) is 16.7. The lowest BCUT2D eigenvalue weighted by molar-refractivity contribution is -0.146. The van der Waals surface area contributed by atoms with Crippen molar-refractivity contribution >= 4 is 11.8 Å². The van der Waals surface area contributed by atoms with Crippen molar-refractivity contribution in [3.05, 3.63) is 41.2 Å². The second-order valence-electron chi connectivity index (χ2n) is 5.91. The molecular weight excluding hydrogens is 313 g/mol. The molecule has 0 aliphatic rings. The van der Waals surface area contributed by atoms with E-state index in [2.05, 4.69) is 31.0 Å². The predicted octanol–water partition coefficient (Wildman–Crippen LogP) is 3.60. The number of hydrogen-bond donors (Lipinski definition) is 1. The van der Waals surface area contributed by atoms with Crippen LogP contribution in [0, 0.1) is 0 Å². The summed E-state index contributed by atoms with van der Waals surface area (Å²) < 4.78 is 38.2. The fourth-order valence-corrected chi connectivity index (χ4v) is 2.63. The third-order valence-corrected chi connectivity index (χ3v) is 4.12. The van der Waals surface area contributed by atoms with Crippen molar-refractivity contribution in [3.8, 4) is 0 Å². The zero-order valence-electron chi connectivity index (χ0n) is 12.5. The Hall–Kier alpha value is -1.70. The van der Waals surface area contributed by atoms with Gasteiger partial charge in [-0.2, -0.15) is 13.2 Å². The number of hydrogen-bond acceptors (Lipinski definition) is 4. The molecule has 0 fully saturated rings. The zero-order valence-corrected chi connectivity index (χ0v) is 13.3. The van der Waals surface area contributed by atoms with Crippen LogP contribution < -0.4 is 5.84 Å². The Morgan fingerprint density at radius 3 is 2.14 bits per heavy atom. The van der Waals surface area contributed by atoms with E-state index < -0.39 is 12.0 Å². The second-order valence-corrected chi connectivity index (χ2v) is 6.85. The molecule has 2 rings (SSSR count). The van der Waals surface area contributed by atoms with Crippen LogP contribution in [0.3, 0.4) is 0 Å². The Morgan fingerprint density at radius 2 is 1.68 bits per heavy atom. The van der Waals surface area contributed by atoms with Crippen LogP contribution >= 0.6 is 11.8 Å². The fraction of sp³-hybridized carbons (Fsp3) is 0.429. The first-order valence-electron chi connectivity index (χ1n) is 6.59. The summed E-state index contributed by atoms with van der Waals surface area (Å²) in [6.45, 7) is 6.35. The summed E-state index contributed by atoms with van der Waals surface area (Å²) in [5, 5.41) is 6.61. The monoisotopic (exact) mass is 330 g/mol. The fourth-order valence-electron chi connectivity index (χ4n) is 1.82. The Morgan fingerprint density at radius 1 is 1.09 bits per heavy atom. The van der Waals surface area contributed by atoms with Gasteiger partial charge in [-0.1, -0.05) is 56.8 Å². The number of alkyl halides is 3. The van der Waals surface area contributed by atoms with Gasteiger partial charge in [0.15, 0.2) is 0 Å². The van der Waals surface area contributed by atoms with Gasteiger partial charge in [-0.05, 0) is 16.5 Å². The molecule has 0 saturated heterocycles. The number of rotatable bonds is 3. The average molecular weight is 330 g/mol. The van der Waals surface area contributed by atoms with Crippen molar-refractivity contribution in [2.75, 3.05) is 5.84 Å². The molecule has 1 aromatic carbocycles. The molecule has 4 nitrogen and oxygen atoms in total. The summed E-state index contributed by atoms with van der Waals surface area (Å²) in [4.78, 5) is 0. The molecule has 120 valence electrons. The lowest BCUT2D eigenvalue weighted by Gasteiger charge is -2.19. The van der Waals surface area contributed by atoms with Gasteiger partial charge in [-0.15, -0.1) is 10.2 Å². The molecular formula is C14H17F3N4S. The summed E-state index contributed by atoms with van der Waals surface area (Å²) >= 11 is 1.11. The van der Waals surface area contributed by atoms with Gasteiger partial charge < -0.3 is 5.84 Å². The van der Waals surface area contributed by atoms with E-state index in [1.54, 1.807) is 0 Å². The summed E-state index contributed by atoms with van der Waals surface area (Å²) in [5.41, 5.74) is 2.24. The summed E-state index contributed by atoms with van der Waals surface area (Å²) in [6, 6.07) is 7.94. The van der Waals surface area contributed by atoms with Crippen LogP contribution in [0.15, 0.2) is 29.4 Å². The number of halogens is 3. The minimum atomic E-state index is -4.60. The van der Waals surface area contributed by atoms with Crippen LogP contribution in [0.4, 0.5) is 13.2 Å². The van der Waals surface area contributed by atoms with E-state index in [0.717, 1.165) is 17.3 Å². The summed E-state index contributed by atoms with van der Waals surface area (Å²) in [6.07, 6.45) is -4.60. The predicted molar refractivity (Wildman–Crippen MR) is 79.9 cm³/mol. The third-order valence-electron chi connectivity index (χ3n) is 3.11. The number of aromatic nitrogens is 3. The highest BCUT2D eigenvalue weighted by molar-refractivity contribution is 7.98. The molecule has 0 aliphatic heterocycles. The molecule has 0 spiro atoms. The molecule has 8 heteroatoms. The smallest absolute Gasteiger partial charge is 0.335 e. The van der Waals surface area contributed by atoms with Crippen LogP contribution in [0.25, 0.3) is 0 Å². The first-order chi connectivity index (χ1) is 10.1. The molecule has 2 N–H and O–H groups in total. The Bertz CT molecular complexity index is 642. The van der Waals surface area contributed by atoms with Gasteiger partial charge in [0.1, 0.15) is 0 Å². The molecule has 1 heterocycles. The lowest BCUT2D eigenvalue weighted by Crippen LogP contribution is -2.21. The summed E-state index contributed by atoms with van der Waals surface area (Å²) in [7, 11) is 0. The van der Waals surface area contributed by atoms with Gasteiger partial charge in [-0.3, -0.25) is 0 Å². The maximum atomic E-state index is 12.6. The highest BCUT2D eigenvalue weighted by Crippen LogP contribution is 2.30. The van der Waals surface area contributed by atoms with Gasteiger partial charge in [0.2, 0.25) is 5.16 Å². The van der Waals surface area contributed by atoms with Crippen LogP contribution in [0.2, 0.25) is 0 Å². The number of thioether (sulfide) groups is 1. The Balaban J connectivity index is 2.06. The molecule has 0 radical (unpaired) electrons. The molecule has 1 aromatic heterocycles. The quantitative estimate of drug-likeness (QED) is 0.690. The minimum Gasteiger partial charge on any atom is -0.335 e. The molecule has 0 aliphatic carbocycles. The molecule has 2 aromatic rings. The van der Waals surface area contributed by atoms with Gasteiger partial charge >= 0.3 is 6.18 Å². The topological polar surface area (TPSA) is 56.7 Å². The highest BCUT2D eigenvalue weighted by Gasteiger charge is 2.38. The van der Waals surface area contributed by atoms with Crippen LogP contribution in [0.1, 0.15) is 37.7 Å². The number of nitrogens with two attached hydrogens (primary N) is 1. The van der Waals surface area contributed by atoms with Crippen molar-refractivity contribution < 1.29 is 13.2 Å². The molecule has 22 heavy (non-hydrogen) atoms. The van der Waals surface area contributed by atoms with E-state index in [0.29, 0.717) is 10.4 Å². The summed E-state index contributed by atoms with van der Waals surface area (Å²) in [5.74, 6) is 4.66. The maximum Gasteiger partial charge on any atom is 0.453 e. The van der Waals surface area contributed by atoms with E-state index in [-0.39, 0.29) is 10.6 Å². The van der Waals surface area contributed by atoms with Crippen molar-refractivity contribution in [1.82, 2.24) is 14.9 Å². The largest absolute Gasteiger partial charge is 0.453 e. The van der Waals surface area contributed by atoms with Crippen molar-refractivity contribution in [1.29, 1.82) is 0 Å². The Labute approximate surface area is 130 Å². The van der Waals surface area contributed by atoms with E-state index >= 15 is 0 Å². The molecule has 0 amide bonds. The van der Waals surface area contributed by atoms with Crippen LogP contribution in [-0.2, 0) is 17.3 Å². The van der Waals surface area contributed by atoms with Gasteiger partial charge in [0, 0.05) is 5.75 Å². The zero-order chi connectivity index (χ0) is 16.5. The molecule has 0 unspecified atom stereocenters. The SMILES string of the molecule is CC(C)(C)c1ccc(CSc2nnc(C(F)(F)F)n2N)cc1. The molecule has 0 saturated carbocycles. The lowest BCUT2D eigenvalue weighted by atomic mass is 9.87. The van der Waals surface area contributed by atoms with Gasteiger partial charge in [0.05, 0.1) is 0 Å². The van der Waals surface area contributed by atoms with E-state index in [4.69, 9.17) is 5.84 Å². The van der Waals surface area contributed by atoms with Crippen LogP contribution in [-0.4, -0.2) is 14.9 Å². The second kappa shape index (κ2) is 5.83. The number of nitrogens with zero attached hydrogens (tertiary/aromatic N) is 3. The first-order valence-corrected chi connectivity index (χ1v) is 7.57. The normalized spacial score (nSPS) is 12.6. The van der Waals surface area contributed by atoms with E-state index in [9.17, 15) is 13.2 Å². The van der Waals surface area contributed by atoms with E-state index in [1.165, 1.54) is 5.56 Å². The minimum absolute atomic E-state index is 0.0345. The average Bonchev–Trinajstić information content (AvgIpc) is 2.77. The van der Waals surface area contributed by atoms with Gasteiger partial charge in [-0.25, -0.2) is 4.68 Å². The maximum absolute atomic E-state index is 12.6. The van der Waals surface area contributed by atoms with Crippen LogP contribution in [0.5, 0.6) is 0 Å². The Kier molecular flexibility index (Phi) is 4.42. The molecule has 0 atom stereocenters. The number of nitrogen functional groups attached to an aromatic ring is 1. The van der Waals surface area contributed by atoms with Gasteiger partial charge in [0.25, 0.3) is 5.82 Å². The van der Waals surface area contributed by atoms with Crippen molar-refractivity contribution in [2.24, 2.45) is 0 Å². The standard InChI is InChI=1S/C14H17F3N4S/c1-13(2,3)10-6-4-9(5-7-10)8-22-12-20-19-11(21(12)18)14(15,16)17/h4-7H,8,18H2,1-3H3. The van der Waals surface area contributed by atoms with Crippen molar-refractivity contribution in [2.45, 2.75) is 43.3 Å². The van der Waals surface area contributed by atoms with Crippen molar-refractivity contribution in [3.63, 3.8) is 0 Å². The third kappa shape index (κ3) is 3.73. The molecule has 0 bridgehead atoms. The highest BCUT2D eigenvalue weighted by atomic mass is 32.2.